The molecule has 1 heterocycles. The summed E-state index contributed by atoms with van der Waals surface area (Å²) in [5, 5.41) is 18.3. The quantitative estimate of drug-likeness (QED) is 0.555. The molecule has 0 spiro atoms. The van der Waals surface area contributed by atoms with E-state index in [1.807, 2.05) is 0 Å². The number of halogens is 1. The second kappa shape index (κ2) is 10.5. The maximum absolute atomic E-state index is 12.9. The lowest BCUT2D eigenvalue weighted by Gasteiger charge is -2.36. The monoisotopic (exact) mass is 407 g/mol. The summed E-state index contributed by atoms with van der Waals surface area (Å²) in [7, 11) is 0. The second-order valence-electron chi connectivity index (χ2n) is 7.87. The van der Waals surface area contributed by atoms with Crippen LogP contribution in [0.4, 0.5) is 9.18 Å². The van der Waals surface area contributed by atoms with Crippen molar-refractivity contribution in [3.05, 3.63) is 35.6 Å². The van der Waals surface area contributed by atoms with Gasteiger partial charge in [-0.15, -0.1) is 0 Å². The van der Waals surface area contributed by atoms with Crippen LogP contribution in [0, 0.1) is 5.82 Å². The lowest BCUT2D eigenvalue weighted by Crippen LogP contribution is -2.54. The van der Waals surface area contributed by atoms with E-state index >= 15 is 0 Å². The summed E-state index contributed by atoms with van der Waals surface area (Å²) in [6, 6.07) is 5.69. The van der Waals surface area contributed by atoms with E-state index in [-0.39, 0.29) is 49.0 Å². The zero-order valence-corrected chi connectivity index (χ0v) is 16.5. The molecule has 3 atom stereocenters. The lowest BCUT2D eigenvalue weighted by molar-refractivity contribution is -0.130. The van der Waals surface area contributed by atoms with Gasteiger partial charge in [0, 0.05) is 12.6 Å². The molecule has 0 radical (unpaired) electrons. The largest absolute Gasteiger partial charge is 0.394 e. The molecule has 1 aromatic carbocycles. The number of urea groups is 1. The molecule has 1 aromatic rings. The molecule has 7 nitrogen and oxygen atoms in total. The Kier molecular flexibility index (Phi) is 7.83. The number of nitrogens with one attached hydrogen (secondary N) is 3. The first kappa shape index (κ1) is 21.5. The molecule has 3 rings (SSSR count). The Bertz CT molecular complexity index is 679. The molecule has 0 unspecified atom stereocenters. The number of carbonyl (C=O) groups excluding carboxylic acids is 2. The van der Waals surface area contributed by atoms with Crippen molar-refractivity contribution in [2.75, 3.05) is 6.61 Å². The number of aliphatic hydroxyl groups is 1. The number of ether oxygens (including phenoxy) is 1. The Labute approximate surface area is 170 Å². The first-order valence-electron chi connectivity index (χ1n) is 10.4. The van der Waals surface area contributed by atoms with E-state index < -0.39 is 6.10 Å². The number of rotatable bonds is 7. The number of aliphatic hydroxyl groups excluding tert-OH is 1. The predicted molar refractivity (Wildman–Crippen MR) is 106 cm³/mol. The highest BCUT2D eigenvalue weighted by molar-refractivity contribution is 5.76. The fraction of sp³-hybridized carbons (Fsp3) is 0.619. The van der Waals surface area contributed by atoms with Crippen LogP contribution in [0.2, 0.25) is 0 Å². The molecule has 2 aliphatic rings. The zero-order chi connectivity index (χ0) is 20.6. The highest BCUT2D eigenvalue weighted by Crippen LogP contribution is 2.22. The van der Waals surface area contributed by atoms with Crippen LogP contribution >= 0.6 is 0 Å². The van der Waals surface area contributed by atoms with Gasteiger partial charge in [-0.05, 0) is 43.4 Å². The van der Waals surface area contributed by atoms with Crippen molar-refractivity contribution in [2.24, 2.45) is 0 Å². The Hall–Kier alpha value is -2.19. The average Bonchev–Trinajstić information content (AvgIpc) is 3.21. The van der Waals surface area contributed by atoms with Crippen LogP contribution in [0.5, 0.6) is 0 Å². The van der Waals surface area contributed by atoms with Crippen LogP contribution in [0.15, 0.2) is 24.3 Å². The van der Waals surface area contributed by atoms with E-state index in [9.17, 15) is 19.1 Å². The molecule has 0 bridgehead atoms. The SMILES string of the molecule is O=C(C[C@H]1CC[C@@H](NC(=O)NC2CCCC2)[C@H](CO)O1)NCc1ccc(F)cc1. The maximum Gasteiger partial charge on any atom is 0.315 e. The number of hydrogen-bond donors (Lipinski definition) is 4. The van der Waals surface area contributed by atoms with E-state index in [0.717, 1.165) is 31.2 Å². The third-order valence-corrected chi connectivity index (χ3v) is 5.62. The van der Waals surface area contributed by atoms with Crippen molar-refractivity contribution < 1.29 is 23.8 Å². The summed E-state index contributed by atoms with van der Waals surface area (Å²) < 4.78 is 18.8. The van der Waals surface area contributed by atoms with Crippen molar-refractivity contribution in [2.45, 2.75) is 75.8 Å². The van der Waals surface area contributed by atoms with Gasteiger partial charge >= 0.3 is 6.03 Å². The van der Waals surface area contributed by atoms with Gasteiger partial charge in [0.1, 0.15) is 11.9 Å². The van der Waals surface area contributed by atoms with E-state index in [4.69, 9.17) is 4.74 Å². The standard InChI is InChI=1S/C21H30FN3O4/c22-15-7-5-14(6-8-15)12-23-20(27)11-17-9-10-18(19(13-26)29-17)25-21(28)24-16-3-1-2-4-16/h5-8,16-19,26H,1-4,9-13H2,(H,23,27)(H2,24,25,28)/t17-,18-,19+/m1/s1. The van der Waals surface area contributed by atoms with Crippen molar-refractivity contribution in [1.82, 2.24) is 16.0 Å². The van der Waals surface area contributed by atoms with Crippen LogP contribution < -0.4 is 16.0 Å². The molecule has 0 aromatic heterocycles. The summed E-state index contributed by atoms with van der Waals surface area (Å²) in [5.74, 6) is -0.479. The second-order valence-corrected chi connectivity index (χ2v) is 7.87. The summed E-state index contributed by atoms with van der Waals surface area (Å²) in [6.45, 7) is 0.100. The highest BCUT2D eigenvalue weighted by atomic mass is 19.1. The molecule has 1 aliphatic carbocycles. The van der Waals surface area contributed by atoms with Crippen LogP contribution in [0.1, 0.15) is 50.5 Å². The third kappa shape index (κ3) is 6.68. The molecular weight excluding hydrogens is 377 g/mol. The van der Waals surface area contributed by atoms with Crippen LogP contribution in [0.3, 0.4) is 0 Å². The molecular formula is C21H30FN3O4. The average molecular weight is 407 g/mol. The molecule has 29 heavy (non-hydrogen) atoms. The Morgan fingerprint density at radius 1 is 1.07 bits per heavy atom. The van der Waals surface area contributed by atoms with Gasteiger partial charge in [-0.3, -0.25) is 4.79 Å². The smallest absolute Gasteiger partial charge is 0.315 e. The van der Waals surface area contributed by atoms with Gasteiger partial charge in [0.15, 0.2) is 0 Å². The van der Waals surface area contributed by atoms with E-state index in [1.54, 1.807) is 12.1 Å². The molecule has 2 fully saturated rings. The zero-order valence-electron chi connectivity index (χ0n) is 16.5. The van der Waals surface area contributed by atoms with Crippen molar-refractivity contribution in [1.29, 1.82) is 0 Å². The lowest BCUT2D eigenvalue weighted by atomic mass is 9.97. The first-order chi connectivity index (χ1) is 14.0. The maximum atomic E-state index is 12.9. The van der Waals surface area contributed by atoms with Crippen molar-refractivity contribution in [3.63, 3.8) is 0 Å². The van der Waals surface area contributed by atoms with Gasteiger partial charge < -0.3 is 25.8 Å². The molecule has 1 saturated carbocycles. The highest BCUT2D eigenvalue weighted by Gasteiger charge is 2.33. The van der Waals surface area contributed by atoms with Gasteiger partial charge in [-0.25, -0.2) is 9.18 Å². The van der Waals surface area contributed by atoms with Crippen molar-refractivity contribution in [3.8, 4) is 0 Å². The van der Waals surface area contributed by atoms with Gasteiger partial charge in [0.25, 0.3) is 0 Å². The number of carbonyl (C=O) groups is 2. The molecule has 160 valence electrons. The minimum absolute atomic E-state index is 0.165. The molecule has 1 saturated heterocycles. The minimum atomic E-state index is -0.534. The Balaban J connectivity index is 1.40. The normalized spacial score (nSPS) is 24.8. The number of hydrogen-bond acceptors (Lipinski definition) is 4. The van der Waals surface area contributed by atoms with E-state index in [1.165, 1.54) is 12.1 Å². The minimum Gasteiger partial charge on any atom is -0.394 e. The summed E-state index contributed by atoms with van der Waals surface area (Å²) >= 11 is 0. The molecule has 4 N–H and O–H groups in total. The number of benzene rings is 1. The van der Waals surface area contributed by atoms with Crippen LogP contribution in [0.25, 0.3) is 0 Å². The van der Waals surface area contributed by atoms with Gasteiger partial charge in [0.05, 0.1) is 25.2 Å². The Morgan fingerprint density at radius 3 is 2.48 bits per heavy atom. The molecule has 8 heteroatoms. The Morgan fingerprint density at radius 2 is 1.79 bits per heavy atom. The van der Waals surface area contributed by atoms with E-state index in [0.29, 0.717) is 19.4 Å². The van der Waals surface area contributed by atoms with E-state index in [2.05, 4.69) is 16.0 Å². The first-order valence-corrected chi connectivity index (χ1v) is 10.4. The summed E-state index contributed by atoms with van der Waals surface area (Å²) in [5.41, 5.74) is 0.815. The summed E-state index contributed by atoms with van der Waals surface area (Å²) in [4.78, 5) is 24.4. The van der Waals surface area contributed by atoms with Crippen molar-refractivity contribution >= 4 is 11.9 Å². The third-order valence-electron chi connectivity index (χ3n) is 5.62. The molecule has 1 aliphatic heterocycles. The number of amides is 3. The topological polar surface area (TPSA) is 99.7 Å². The fourth-order valence-corrected chi connectivity index (χ4v) is 3.99. The predicted octanol–water partition coefficient (Wildman–Crippen LogP) is 1.98. The van der Waals surface area contributed by atoms with Gasteiger partial charge in [0.2, 0.25) is 5.91 Å². The molecule has 3 amide bonds. The van der Waals surface area contributed by atoms with Crippen LogP contribution in [-0.4, -0.2) is 47.9 Å². The van der Waals surface area contributed by atoms with Crippen LogP contribution in [-0.2, 0) is 16.1 Å². The summed E-state index contributed by atoms with van der Waals surface area (Å²) in [6.07, 6.45) is 4.89. The van der Waals surface area contributed by atoms with Gasteiger partial charge in [-0.1, -0.05) is 25.0 Å². The fourth-order valence-electron chi connectivity index (χ4n) is 3.99. The van der Waals surface area contributed by atoms with Gasteiger partial charge in [-0.2, -0.15) is 0 Å².